The van der Waals surface area contributed by atoms with Crippen molar-refractivity contribution in [3.63, 3.8) is 0 Å². The number of aromatic nitrogens is 4. The Morgan fingerprint density at radius 3 is 2.57 bits per heavy atom. The number of benzene rings is 4. The number of rotatable bonds is 3. The van der Waals surface area contributed by atoms with Gasteiger partial charge < -0.3 is 9.47 Å². The number of nitrogens with zero attached hydrogens (tertiary/aromatic N) is 4. The first-order valence-electron chi connectivity index (χ1n) is 11.6. The van der Waals surface area contributed by atoms with Crippen LogP contribution in [0.25, 0.3) is 27.8 Å². The lowest BCUT2D eigenvalue weighted by Crippen LogP contribution is -2.15. The topological polar surface area (TPSA) is 61.5 Å². The van der Waals surface area contributed by atoms with Crippen molar-refractivity contribution in [2.45, 2.75) is 5.92 Å². The van der Waals surface area contributed by atoms with Gasteiger partial charge in [0.05, 0.1) is 17.7 Å². The third-order valence-electron chi connectivity index (χ3n) is 6.72. The largest absolute Gasteiger partial charge is 0.497 e. The summed E-state index contributed by atoms with van der Waals surface area (Å²) < 4.78 is 13.5. The van der Waals surface area contributed by atoms with Gasteiger partial charge in [0.15, 0.2) is 11.5 Å². The molecule has 2 aromatic heterocycles. The highest BCUT2D eigenvalue weighted by atomic mass is 35.5. The van der Waals surface area contributed by atoms with Crippen molar-refractivity contribution in [2.24, 2.45) is 0 Å². The Kier molecular flexibility index (Phi) is 5.06. The van der Waals surface area contributed by atoms with Crippen molar-refractivity contribution in [3.8, 4) is 28.8 Å². The van der Waals surface area contributed by atoms with Crippen LogP contribution in [0.5, 0.6) is 17.4 Å². The van der Waals surface area contributed by atoms with E-state index in [1.807, 2.05) is 36.4 Å². The van der Waals surface area contributed by atoms with Gasteiger partial charge in [-0.2, -0.15) is 0 Å². The summed E-state index contributed by atoms with van der Waals surface area (Å²) in [5.74, 6) is 2.33. The predicted octanol–water partition coefficient (Wildman–Crippen LogP) is 7.55. The molecule has 0 saturated carbocycles. The van der Waals surface area contributed by atoms with Gasteiger partial charge in [-0.05, 0) is 52.7 Å². The van der Waals surface area contributed by atoms with Crippen LogP contribution in [0, 0.1) is 0 Å². The van der Waals surface area contributed by atoms with Crippen LogP contribution >= 0.6 is 23.2 Å². The lowest BCUT2D eigenvalue weighted by Gasteiger charge is -2.29. The van der Waals surface area contributed by atoms with E-state index < -0.39 is 0 Å². The molecule has 0 radical (unpaired) electrons. The summed E-state index contributed by atoms with van der Waals surface area (Å²) in [5.41, 5.74) is 4.28. The summed E-state index contributed by atoms with van der Waals surface area (Å²) in [7, 11) is 1.66. The minimum atomic E-state index is -0.204. The van der Waals surface area contributed by atoms with Crippen LogP contribution < -0.4 is 9.47 Å². The molecule has 0 spiro atoms. The smallest absolute Gasteiger partial charge is 0.228 e. The average molecular weight is 525 g/mol. The zero-order valence-electron chi connectivity index (χ0n) is 19.5. The van der Waals surface area contributed by atoms with Gasteiger partial charge in [0.1, 0.15) is 17.8 Å². The van der Waals surface area contributed by atoms with Gasteiger partial charge in [-0.25, -0.2) is 14.5 Å². The van der Waals surface area contributed by atoms with Gasteiger partial charge in [0.25, 0.3) is 0 Å². The van der Waals surface area contributed by atoms with Crippen molar-refractivity contribution in [1.29, 1.82) is 0 Å². The van der Waals surface area contributed by atoms with E-state index >= 15 is 0 Å². The molecule has 0 saturated heterocycles. The zero-order chi connectivity index (χ0) is 25.1. The lowest BCUT2D eigenvalue weighted by molar-refractivity contribution is 0.414. The summed E-state index contributed by atoms with van der Waals surface area (Å²) in [6, 6.07) is 25.7. The molecule has 6 aromatic rings. The summed E-state index contributed by atoms with van der Waals surface area (Å²) in [6.45, 7) is 0. The van der Waals surface area contributed by atoms with E-state index in [1.165, 1.54) is 0 Å². The molecule has 7 rings (SSSR count). The second-order valence-electron chi connectivity index (χ2n) is 8.80. The number of halogens is 2. The minimum Gasteiger partial charge on any atom is -0.497 e. The average Bonchev–Trinajstić information content (AvgIpc) is 3.36. The third-order valence-corrected chi connectivity index (χ3v) is 7.27. The van der Waals surface area contributed by atoms with Crippen LogP contribution in [0.1, 0.15) is 22.6 Å². The molecule has 8 heteroatoms. The summed E-state index contributed by atoms with van der Waals surface area (Å²) >= 11 is 12.6. The molecular weight excluding hydrogens is 507 g/mol. The van der Waals surface area contributed by atoms with Gasteiger partial charge in [-0.1, -0.05) is 65.7 Å². The first kappa shape index (κ1) is 22.1. The van der Waals surface area contributed by atoms with E-state index in [2.05, 4.69) is 35.3 Å². The van der Waals surface area contributed by atoms with Crippen LogP contribution in [-0.2, 0) is 0 Å². The van der Waals surface area contributed by atoms with Crippen LogP contribution in [0.4, 0.5) is 0 Å². The van der Waals surface area contributed by atoms with E-state index in [0.717, 1.165) is 39.0 Å². The van der Waals surface area contributed by atoms with Crippen LogP contribution in [-0.4, -0.2) is 26.7 Å². The second kappa shape index (κ2) is 8.47. The second-order valence-corrected chi connectivity index (χ2v) is 9.64. The maximum absolute atomic E-state index is 6.49. The fourth-order valence-electron chi connectivity index (χ4n) is 5.02. The first-order valence-corrected chi connectivity index (χ1v) is 12.4. The third kappa shape index (κ3) is 3.52. The molecule has 1 aliphatic rings. The molecule has 3 heterocycles. The van der Waals surface area contributed by atoms with E-state index in [4.69, 9.17) is 42.8 Å². The number of hydrogen-bond acceptors (Lipinski definition) is 5. The van der Waals surface area contributed by atoms with Crippen LogP contribution in [0.3, 0.4) is 0 Å². The molecule has 1 aliphatic heterocycles. The number of ether oxygens (including phenoxy) is 2. The number of methoxy groups -OCH3 is 1. The molecule has 0 amide bonds. The molecule has 0 bridgehead atoms. The molecule has 0 aliphatic carbocycles. The molecule has 1 atom stereocenters. The van der Waals surface area contributed by atoms with E-state index in [9.17, 15) is 0 Å². The Balaban J connectivity index is 1.52. The fourth-order valence-corrected chi connectivity index (χ4v) is 5.51. The molecule has 37 heavy (non-hydrogen) atoms. The quantitative estimate of drug-likeness (QED) is 0.239. The summed E-state index contributed by atoms with van der Waals surface area (Å²) in [4.78, 5) is 9.57. The number of hydrogen-bond donors (Lipinski definition) is 0. The molecular formula is C29H18Cl2N4O2. The zero-order valence-corrected chi connectivity index (χ0v) is 21.0. The van der Waals surface area contributed by atoms with Gasteiger partial charge in [-0.3, -0.25) is 0 Å². The van der Waals surface area contributed by atoms with Crippen molar-refractivity contribution < 1.29 is 9.47 Å². The van der Waals surface area contributed by atoms with Crippen LogP contribution in [0.2, 0.25) is 10.0 Å². The Hall–Kier alpha value is -4.13. The van der Waals surface area contributed by atoms with Crippen LogP contribution in [0.15, 0.2) is 85.2 Å². The van der Waals surface area contributed by atoms with E-state index in [0.29, 0.717) is 33.0 Å². The van der Waals surface area contributed by atoms with Gasteiger partial charge in [0.2, 0.25) is 5.88 Å². The Bertz CT molecular complexity index is 1830. The lowest BCUT2D eigenvalue weighted by atomic mass is 9.81. The molecule has 0 N–H and O–H groups in total. The van der Waals surface area contributed by atoms with Gasteiger partial charge in [0, 0.05) is 22.1 Å². The maximum Gasteiger partial charge on any atom is 0.228 e. The standard InChI is InChI=1S/C29H18Cl2N4O2/c1-36-19-10-6-17(7-11-19)24-25-20-5-3-2-4-16(20)8-13-23(25)37-29-26(24)28-33-27(34-35(28)15-32-29)21-12-9-18(30)14-22(21)31/h2-15,24H,1H3/t24-/m1/s1. The van der Waals surface area contributed by atoms with E-state index in [-0.39, 0.29) is 5.92 Å². The Labute approximate surface area is 222 Å². The highest BCUT2D eigenvalue weighted by Crippen LogP contribution is 2.50. The Morgan fingerprint density at radius 2 is 1.76 bits per heavy atom. The molecule has 0 unspecified atom stereocenters. The minimum absolute atomic E-state index is 0.204. The van der Waals surface area contributed by atoms with Crippen molar-refractivity contribution >= 4 is 39.6 Å². The van der Waals surface area contributed by atoms with Crippen molar-refractivity contribution in [1.82, 2.24) is 19.6 Å². The first-order chi connectivity index (χ1) is 18.1. The highest BCUT2D eigenvalue weighted by molar-refractivity contribution is 6.36. The molecule has 0 fully saturated rings. The maximum atomic E-state index is 6.49. The predicted molar refractivity (Wildman–Crippen MR) is 144 cm³/mol. The normalized spacial score (nSPS) is 14.3. The summed E-state index contributed by atoms with van der Waals surface area (Å²) in [5, 5.41) is 7.95. The van der Waals surface area contributed by atoms with Crippen molar-refractivity contribution in [2.75, 3.05) is 7.11 Å². The van der Waals surface area contributed by atoms with Gasteiger partial charge in [-0.15, -0.1) is 5.10 Å². The van der Waals surface area contributed by atoms with Gasteiger partial charge >= 0.3 is 0 Å². The highest BCUT2D eigenvalue weighted by Gasteiger charge is 2.34. The summed E-state index contributed by atoms with van der Waals surface area (Å²) in [6.07, 6.45) is 1.62. The van der Waals surface area contributed by atoms with E-state index in [1.54, 1.807) is 30.1 Å². The number of fused-ring (bicyclic) bond motifs is 6. The molecule has 6 nitrogen and oxygen atoms in total. The fraction of sp³-hybridized carbons (Fsp3) is 0.0690. The monoisotopic (exact) mass is 524 g/mol. The van der Waals surface area contributed by atoms with Crippen molar-refractivity contribution in [3.05, 3.63) is 112 Å². The molecule has 4 aromatic carbocycles. The SMILES string of the molecule is COc1ccc([C@@H]2c3c(ccc4ccccc34)Oc3ncn4nc(-c5ccc(Cl)cc5Cl)nc4c32)cc1. The Morgan fingerprint density at radius 1 is 0.919 bits per heavy atom. The molecule has 180 valence electrons.